The molecular formula is C22H23Cl2N3O. The summed E-state index contributed by atoms with van der Waals surface area (Å²) in [6.07, 6.45) is 1.95. The van der Waals surface area contributed by atoms with Crippen molar-refractivity contribution >= 4 is 28.9 Å². The lowest BCUT2D eigenvalue weighted by atomic mass is 10.1. The van der Waals surface area contributed by atoms with Crippen molar-refractivity contribution < 1.29 is 4.52 Å². The van der Waals surface area contributed by atoms with Gasteiger partial charge in [0.1, 0.15) is 11.5 Å². The molecule has 0 N–H and O–H groups in total. The summed E-state index contributed by atoms with van der Waals surface area (Å²) in [5.41, 5.74) is 3.02. The first-order valence-corrected chi connectivity index (χ1v) is 10.4. The summed E-state index contributed by atoms with van der Waals surface area (Å²) in [7, 11) is 0. The van der Waals surface area contributed by atoms with Gasteiger partial charge in [-0.05, 0) is 37.2 Å². The standard InChI is InChI=1S/C22H23Cl2N3O/c23-18-9-7-17(8-10-18)21-16-19(28-25-21)4-3-11-26-12-14-27(15-13-26)22-6-2-1-5-20(22)24/h1-2,5-10,16H,3-4,11-15H2. The maximum Gasteiger partial charge on any atom is 0.137 e. The fourth-order valence-electron chi connectivity index (χ4n) is 3.58. The topological polar surface area (TPSA) is 32.5 Å². The van der Waals surface area contributed by atoms with Gasteiger partial charge in [0.25, 0.3) is 0 Å². The second kappa shape index (κ2) is 8.99. The molecule has 28 heavy (non-hydrogen) atoms. The van der Waals surface area contributed by atoms with Crippen molar-refractivity contribution in [3.63, 3.8) is 0 Å². The van der Waals surface area contributed by atoms with Crippen LogP contribution < -0.4 is 4.90 Å². The maximum absolute atomic E-state index is 6.32. The molecule has 0 aliphatic carbocycles. The van der Waals surface area contributed by atoms with Crippen LogP contribution in [-0.2, 0) is 6.42 Å². The summed E-state index contributed by atoms with van der Waals surface area (Å²) in [6.45, 7) is 5.18. The molecule has 2 aromatic carbocycles. The van der Waals surface area contributed by atoms with E-state index in [1.807, 2.05) is 48.5 Å². The van der Waals surface area contributed by atoms with Gasteiger partial charge in [-0.1, -0.05) is 52.6 Å². The third-order valence-corrected chi connectivity index (χ3v) is 5.73. The van der Waals surface area contributed by atoms with Crippen LogP contribution in [0.15, 0.2) is 59.1 Å². The Kier molecular flexibility index (Phi) is 6.20. The molecule has 4 nitrogen and oxygen atoms in total. The van der Waals surface area contributed by atoms with Gasteiger partial charge in [0, 0.05) is 49.3 Å². The quantitative estimate of drug-likeness (QED) is 0.539. The molecule has 0 atom stereocenters. The number of aryl methyl sites for hydroxylation is 1. The van der Waals surface area contributed by atoms with Crippen molar-refractivity contribution in [1.29, 1.82) is 0 Å². The van der Waals surface area contributed by atoms with E-state index in [2.05, 4.69) is 21.0 Å². The van der Waals surface area contributed by atoms with Crippen LogP contribution in [0.2, 0.25) is 10.0 Å². The zero-order chi connectivity index (χ0) is 19.3. The van der Waals surface area contributed by atoms with E-state index in [1.54, 1.807) is 0 Å². The molecule has 146 valence electrons. The lowest BCUT2D eigenvalue weighted by Gasteiger charge is -2.36. The Bertz CT molecular complexity index is 902. The molecule has 1 fully saturated rings. The van der Waals surface area contributed by atoms with Gasteiger partial charge in [-0.3, -0.25) is 4.90 Å². The molecule has 1 saturated heterocycles. The van der Waals surface area contributed by atoms with E-state index in [0.29, 0.717) is 0 Å². The summed E-state index contributed by atoms with van der Waals surface area (Å²) >= 11 is 12.3. The molecule has 4 rings (SSSR count). The smallest absolute Gasteiger partial charge is 0.137 e. The van der Waals surface area contributed by atoms with E-state index in [4.69, 9.17) is 27.7 Å². The highest BCUT2D eigenvalue weighted by Gasteiger charge is 2.18. The predicted octanol–water partition coefficient (Wildman–Crippen LogP) is 5.40. The minimum absolute atomic E-state index is 0.724. The number of hydrogen-bond donors (Lipinski definition) is 0. The van der Waals surface area contributed by atoms with E-state index >= 15 is 0 Å². The second-order valence-electron chi connectivity index (χ2n) is 7.07. The van der Waals surface area contributed by atoms with Crippen molar-refractivity contribution in [3.8, 4) is 11.3 Å². The monoisotopic (exact) mass is 415 g/mol. The van der Waals surface area contributed by atoms with Crippen molar-refractivity contribution in [2.45, 2.75) is 12.8 Å². The molecule has 2 heterocycles. The third kappa shape index (κ3) is 4.69. The molecule has 3 aromatic rings. The maximum atomic E-state index is 6.32. The molecule has 0 unspecified atom stereocenters. The number of piperazine rings is 1. The van der Waals surface area contributed by atoms with Gasteiger partial charge in [0.2, 0.25) is 0 Å². The fourth-order valence-corrected chi connectivity index (χ4v) is 3.97. The number of anilines is 1. The number of rotatable bonds is 6. The van der Waals surface area contributed by atoms with Gasteiger partial charge in [-0.2, -0.15) is 0 Å². The van der Waals surface area contributed by atoms with E-state index in [0.717, 1.165) is 78.3 Å². The van der Waals surface area contributed by atoms with Crippen LogP contribution in [0.4, 0.5) is 5.69 Å². The Balaban J connectivity index is 1.23. The first-order valence-electron chi connectivity index (χ1n) is 9.62. The van der Waals surface area contributed by atoms with Crippen LogP contribution in [0.5, 0.6) is 0 Å². The zero-order valence-electron chi connectivity index (χ0n) is 15.7. The Morgan fingerprint density at radius 1 is 0.929 bits per heavy atom. The Labute approximate surface area is 175 Å². The number of para-hydroxylation sites is 1. The van der Waals surface area contributed by atoms with Crippen LogP contribution in [0.25, 0.3) is 11.3 Å². The first-order chi connectivity index (χ1) is 13.7. The average molecular weight is 416 g/mol. The third-order valence-electron chi connectivity index (χ3n) is 5.16. The minimum atomic E-state index is 0.724. The lowest BCUT2D eigenvalue weighted by molar-refractivity contribution is 0.251. The summed E-state index contributed by atoms with van der Waals surface area (Å²) in [6, 6.07) is 17.8. The van der Waals surface area contributed by atoms with E-state index < -0.39 is 0 Å². The lowest BCUT2D eigenvalue weighted by Crippen LogP contribution is -2.46. The van der Waals surface area contributed by atoms with E-state index in [9.17, 15) is 0 Å². The molecule has 0 bridgehead atoms. The highest BCUT2D eigenvalue weighted by Crippen LogP contribution is 2.26. The van der Waals surface area contributed by atoms with Gasteiger partial charge in [0.15, 0.2) is 0 Å². The summed E-state index contributed by atoms with van der Waals surface area (Å²) in [4.78, 5) is 4.87. The largest absolute Gasteiger partial charge is 0.368 e. The first kappa shape index (κ1) is 19.3. The summed E-state index contributed by atoms with van der Waals surface area (Å²) in [5.74, 6) is 0.930. The van der Waals surface area contributed by atoms with Gasteiger partial charge < -0.3 is 9.42 Å². The highest BCUT2D eigenvalue weighted by molar-refractivity contribution is 6.33. The van der Waals surface area contributed by atoms with Crippen molar-refractivity contribution in [2.24, 2.45) is 0 Å². The molecule has 0 spiro atoms. The number of halogens is 2. The van der Waals surface area contributed by atoms with Crippen LogP contribution in [-0.4, -0.2) is 42.8 Å². The minimum Gasteiger partial charge on any atom is -0.368 e. The highest BCUT2D eigenvalue weighted by atomic mass is 35.5. The molecule has 0 amide bonds. The predicted molar refractivity (Wildman–Crippen MR) is 115 cm³/mol. The summed E-state index contributed by atoms with van der Waals surface area (Å²) in [5, 5.41) is 5.74. The van der Waals surface area contributed by atoms with Gasteiger partial charge in [0.05, 0.1) is 10.7 Å². The number of hydrogen-bond acceptors (Lipinski definition) is 4. The van der Waals surface area contributed by atoms with Gasteiger partial charge in [-0.25, -0.2) is 0 Å². The second-order valence-corrected chi connectivity index (χ2v) is 7.91. The van der Waals surface area contributed by atoms with Crippen LogP contribution in [0.3, 0.4) is 0 Å². The fraction of sp³-hybridized carbons (Fsp3) is 0.318. The zero-order valence-corrected chi connectivity index (χ0v) is 17.2. The molecular weight excluding hydrogens is 393 g/mol. The Morgan fingerprint density at radius 2 is 1.68 bits per heavy atom. The molecule has 1 aromatic heterocycles. The van der Waals surface area contributed by atoms with Gasteiger partial charge in [-0.15, -0.1) is 0 Å². The molecule has 6 heteroatoms. The van der Waals surface area contributed by atoms with E-state index in [1.165, 1.54) is 0 Å². The van der Waals surface area contributed by atoms with Crippen LogP contribution in [0, 0.1) is 0 Å². The van der Waals surface area contributed by atoms with Crippen molar-refractivity contribution in [1.82, 2.24) is 10.1 Å². The van der Waals surface area contributed by atoms with Crippen molar-refractivity contribution in [2.75, 3.05) is 37.6 Å². The number of benzene rings is 2. The number of nitrogens with zero attached hydrogens (tertiary/aromatic N) is 3. The average Bonchev–Trinajstić information content (AvgIpc) is 3.18. The Morgan fingerprint density at radius 3 is 2.43 bits per heavy atom. The molecule has 1 aliphatic rings. The van der Waals surface area contributed by atoms with Crippen molar-refractivity contribution in [3.05, 3.63) is 70.4 Å². The SMILES string of the molecule is Clc1ccc(-c2cc(CCCN3CCN(c4ccccc4Cl)CC3)on2)cc1. The normalized spacial score (nSPS) is 15.1. The molecule has 1 aliphatic heterocycles. The van der Waals surface area contributed by atoms with Crippen LogP contribution >= 0.6 is 23.2 Å². The Hall–Kier alpha value is -2.01. The molecule has 0 saturated carbocycles. The molecule has 0 radical (unpaired) electrons. The summed E-state index contributed by atoms with van der Waals surface area (Å²) < 4.78 is 5.50. The van der Waals surface area contributed by atoms with E-state index in [-0.39, 0.29) is 0 Å². The van der Waals surface area contributed by atoms with Crippen LogP contribution in [0.1, 0.15) is 12.2 Å². The number of aromatic nitrogens is 1. The van der Waals surface area contributed by atoms with Gasteiger partial charge >= 0.3 is 0 Å².